The van der Waals surface area contributed by atoms with E-state index in [0.29, 0.717) is 13.1 Å². The Bertz CT molecular complexity index is 264. The number of rotatable bonds is 8. The van der Waals surface area contributed by atoms with E-state index < -0.39 is 5.97 Å². The number of hydrogen-bond donors (Lipinski definition) is 3. The summed E-state index contributed by atoms with van der Waals surface area (Å²) in [5.74, 6) is 0.0318. The average Bonchev–Trinajstić information content (AvgIpc) is 3.04. The van der Waals surface area contributed by atoms with Crippen LogP contribution in [0.2, 0.25) is 0 Å². The summed E-state index contributed by atoms with van der Waals surface area (Å²) in [6.07, 6.45) is 5.01. The van der Waals surface area contributed by atoms with Crippen LogP contribution >= 0.6 is 0 Å². The molecular formula is C12H22N2O3. The number of carbonyl (C=O) groups excluding carboxylic acids is 1. The largest absolute Gasteiger partial charge is 0.481 e. The molecule has 1 aliphatic carbocycles. The number of carboxylic acids is 1. The zero-order valence-corrected chi connectivity index (χ0v) is 10.4. The summed E-state index contributed by atoms with van der Waals surface area (Å²) in [5, 5.41) is 14.0. The van der Waals surface area contributed by atoms with E-state index >= 15 is 0 Å². The van der Waals surface area contributed by atoms with Crippen LogP contribution in [0.5, 0.6) is 0 Å². The summed E-state index contributed by atoms with van der Waals surface area (Å²) in [5.41, 5.74) is 0. The van der Waals surface area contributed by atoms with Crippen molar-refractivity contribution < 1.29 is 14.7 Å². The maximum Gasteiger partial charge on any atom is 0.314 e. The van der Waals surface area contributed by atoms with Crippen LogP contribution in [0.1, 0.15) is 39.0 Å². The van der Waals surface area contributed by atoms with Crippen LogP contribution in [0.15, 0.2) is 0 Å². The van der Waals surface area contributed by atoms with Gasteiger partial charge in [0, 0.05) is 19.5 Å². The van der Waals surface area contributed by atoms with Crippen LogP contribution in [0.25, 0.3) is 0 Å². The predicted molar refractivity (Wildman–Crippen MR) is 64.8 cm³/mol. The summed E-state index contributed by atoms with van der Waals surface area (Å²) in [4.78, 5) is 21.7. The van der Waals surface area contributed by atoms with E-state index in [0.717, 1.165) is 12.3 Å². The molecule has 0 saturated heterocycles. The Morgan fingerprint density at radius 1 is 1.35 bits per heavy atom. The molecule has 5 heteroatoms. The third-order valence-electron chi connectivity index (χ3n) is 2.91. The molecule has 1 aliphatic rings. The van der Waals surface area contributed by atoms with Gasteiger partial charge in [0.2, 0.25) is 0 Å². The zero-order chi connectivity index (χ0) is 12.7. The number of carbonyl (C=O) groups is 2. The van der Waals surface area contributed by atoms with E-state index in [1.54, 1.807) is 0 Å². The quantitative estimate of drug-likeness (QED) is 0.565. The van der Waals surface area contributed by atoms with Crippen molar-refractivity contribution in [1.29, 1.82) is 0 Å². The second kappa shape index (κ2) is 7.14. The van der Waals surface area contributed by atoms with Gasteiger partial charge in [-0.05, 0) is 24.7 Å². The minimum atomic E-state index is -0.829. The van der Waals surface area contributed by atoms with E-state index in [1.165, 1.54) is 19.3 Å². The summed E-state index contributed by atoms with van der Waals surface area (Å²) < 4.78 is 0. The lowest BCUT2D eigenvalue weighted by Crippen LogP contribution is -2.38. The van der Waals surface area contributed by atoms with Crippen LogP contribution in [-0.4, -0.2) is 30.2 Å². The van der Waals surface area contributed by atoms with Gasteiger partial charge in [-0.25, -0.2) is 4.79 Å². The molecule has 0 aromatic carbocycles. The van der Waals surface area contributed by atoms with Gasteiger partial charge in [-0.15, -0.1) is 0 Å². The lowest BCUT2D eigenvalue weighted by atomic mass is 10.1. The molecule has 98 valence electrons. The normalized spacial score (nSPS) is 16.3. The van der Waals surface area contributed by atoms with Crippen molar-refractivity contribution in [2.24, 2.45) is 11.8 Å². The maximum absolute atomic E-state index is 11.3. The minimum absolute atomic E-state index is 0.0373. The molecule has 0 aromatic heterocycles. The van der Waals surface area contributed by atoms with Crippen LogP contribution < -0.4 is 10.6 Å². The molecule has 0 heterocycles. The van der Waals surface area contributed by atoms with E-state index in [-0.39, 0.29) is 18.4 Å². The van der Waals surface area contributed by atoms with E-state index in [9.17, 15) is 9.59 Å². The summed E-state index contributed by atoms with van der Waals surface area (Å²) >= 11 is 0. The molecule has 0 aromatic rings. The number of nitrogens with one attached hydrogen (secondary N) is 2. The minimum Gasteiger partial charge on any atom is -0.481 e. The van der Waals surface area contributed by atoms with Crippen molar-refractivity contribution >= 4 is 12.0 Å². The first-order valence-corrected chi connectivity index (χ1v) is 6.31. The van der Waals surface area contributed by atoms with Crippen LogP contribution in [-0.2, 0) is 4.79 Å². The molecule has 3 N–H and O–H groups in total. The molecule has 1 saturated carbocycles. The Hall–Kier alpha value is -1.26. The topological polar surface area (TPSA) is 78.4 Å². The zero-order valence-electron chi connectivity index (χ0n) is 10.4. The van der Waals surface area contributed by atoms with Crippen molar-refractivity contribution in [3.05, 3.63) is 0 Å². The SMILES string of the molecule is CC(CNC(=O)NCCCC1CC1)CC(=O)O. The highest BCUT2D eigenvalue weighted by Gasteiger charge is 2.20. The summed E-state index contributed by atoms with van der Waals surface area (Å²) in [7, 11) is 0. The highest BCUT2D eigenvalue weighted by molar-refractivity contribution is 5.73. The Labute approximate surface area is 102 Å². The number of urea groups is 1. The Kier molecular flexibility index (Phi) is 5.80. The van der Waals surface area contributed by atoms with Crippen molar-refractivity contribution in [3.63, 3.8) is 0 Å². The molecule has 0 bridgehead atoms. The predicted octanol–water partition coefficient (Wildman–Crippen LogP) is 1.59. The van der Waals surface area contributed by atoms with Crippen LogP contribution in [0, 0.1) is 11.8 Å². The van der Waals surface area contributed by atoms with E-state index in [4.69, 9.17) is 5.11 Å². The fraction of sp³-hybridized carbons (Fsp3) is 0.833. The van der Waals surface area contributed by atoms with Crippen molar-refractivity contribution in [3.8, 4) is 0 Å². The van der Waals surface area contributed by atoms with Gasteiger partial charge in [-0.1, -0.05) is 19.8 Å². The van der Waals surface area contributed by atoms with Gasteiger partial charge in [-0.2, -0.15) is 0 Å². The first-order chi connectivity index (χ1) is 8.08. The van der Waals surface area contributed by atoms with Gasteiger partial charge in [0.1, 0.15) is 0 Å². The highest BCUT2D eigenvalue weighted by atomic mass is 16.4. The third-order valence-corrected chi connectivity index (χ3v) is 2.91. The lowest BCUT2D eigenvalue weighted by Gasteiger charge is -2.11. The number of carboxylic acid groups (broad SMARTS) is 1. The Balaban J connectivity index is 1.93. The number of aliphatic carboxylic acids is 1. The third kappa shape index (κ3) is 7.60. The summed E-state index contributed by atoms with van der Waals surface area (Å²) in [6.45, 7) is 2.91. The maximum atomic E-state index is 11.3. The van der Waals surface area contributed by atoms with E-state index in [2.05, 4.69) is 10.6 Å². The smallest absolute Gasteiger partial charge is 0.314 e. The molecule has 17 heavy (non-hydrogen) atoms. The number of amides is 2. The molecule has 1 fully saturated rings. The van der Waals surface area contributed by atoms with Gasteiger partial charge in [-0.3, -0.25) is 4.79 Å². The van der Waals surface area contributed by atoms with Crippen LogP contribution in [0.4, 0.5) is 4.79 Å². The highest BCUT2D eigenvalue weighted by Crippen LogP contribution is 2.33. The van der Waals surface area contributed by atoms with Gasteiger partial charge < -0.3 is 15.7 Å². The van der Waals surface area contributed by atoms with Gasteiger partial charge in [0.25, 0.3) is 0 Å². The fourth-order valence-electron chi connectivity index (χ4n) is 1.70. The molecule has 1 atom stereocenters. The van der Waals surface area contributed by atoms with Gasteiger partial charge in [0.15, 0.2) is 0 Å². The lowest BCUT2D eigenvalue weighted by molar-refractivity contribution is -0.137. The first kappa shape index (κ1) is 13.8. The average molecular weight is 242 g/mol. The summed E-state index contributed by atoms with van der Waals surface area (Å²) in [6, 6.07) is -0.196. The van der Waals surface area contributed by atoms with Crippen molar-refractivity contribution in [2.45, 2.75) is 39.0 Å². The van der Waals surface area contributed by atoms with Gasteiger partial charge in [0.05, 0.1) is 0 Å². The van der Waals surface area contributed by atoms with Gasteiger partial charge >= 0.3 is 12.0 Å². The van der Waals surface area contributed by atoms with Crippen LogP contribution in [0.3, 0.4) is 0 Å². The molecule has 1 rings (SSSR count). The first-order valence-electron chi connectivity index (χ1n) is 6.31. The molecule has 2 amide bonds. The molecule has 5 nitrogen and oxygen atoms in total. The Morgan fingerprint density at radius 2 is 2.06 bits per heavy atom. The standard InChI is InChI=1S/C12H22N2O3/c1-9(7-11(15)16)8-14-12(17)13-6-2-3-10-4-5-10/h9-10H,2-8H2,1H3,(H,15,16)(H2,13,14,17). The molecular weight excluding hydrogens is 220 g/mol. The molecule has 0 radical (unpaired) electrons. The van der Waals surface area contributed by atoms with E-state index in [1.807, 2.05) is 6.92 Å². The second-order valence-corrected chi connectivity index (χ2v) is 4.93. The monoisotopic (exact) mass is 242 g/mol. The molecule has 0 aliphatic heterocycles. The fourth-order valence-corrected chi connectivity index (χ4v) is 1.70. The van der Waals surface area contributed by atoms with Crippen molar-refractivity contribution in [1.82, 2.24) is 10.6 Å². The Morgan fingerprint density at radius 3 is 2.65 bits per heavy atom. The van der Waals surface area contributed by atoms with Crippen molar-refractivity contribution in [2.75, 3.05) is 13.1 Å². The second-order valence-electron chi connectivity index (χ2n) is 4.93. The molecule has 1 unspecified atom stereocenters. The number of hydrogen-bond acceptors (Lipinski definition) is 2. The molecule has 0 spiro atoms.